The summed E-state index contributed by atoms with van der Waals surface area (Å²) in [6.07, 6.45) is 0. The molecule has 4 heterocycles. The van der Waals surface area contributed by atoms with Crippen molar-refractivity contribution in [2.24, 2.45) is 23.7 Å². The van der Waals surface area contributed by atoms with Gasteiger partial charge in [-0.15, -0.1) is 0 Å². The van der Waals surface area contributed by atoms with E-state index in [0.717, 1.165) is 11.1 Å². The zero-order valence-corrected chi connectivity index (χ0v) is 22.8. The molecular weight excluding hydrogens is 526 g/mol. The Bertz CT molecular complexity index is 1580. The van der Waals surface area contributed by atoms with E-state index < -0.39 is 34.7 Å². The van der Waals surface area contributed by atoms with Gasteiger partial charge in [-0.05, 0) is 42.4 Å². The lowest BCUT2D eigenvalue weighted by atomic mass is 9.55. The van der Waals surface area contributed by atoms with Gasteiger partial charge in [-0.1, -0.05) is 97.1 Å². The molecule has 8 rings (SSSR count). The van der Waals surface area contributed by atoms with Crippen LogP contribution in [0.15, 0.2) is 121 Å². The molecule has 0 aliphatic carbocycles. The van der Waals surface area contributed by atoms with Gasteiger partial charge in [0, 0.05) is 0 Å². The number of nitrogens with zero attached hydrogens (tertiary/aromatic N) is 3. The third-order valence-corrected chi connectivity index (χ3v) is 10.1. The number of rotatable bonds is 4. The summed E-state index contributed by atoms with van der Waals surface area (Å²) < 4.78 is 0. The van der Waals surface area contributed by atoms with E-state index in [1.54, 1.807) is 48.5 Å². The highest BCUT2D eigenvalue weighted by molar-refractivity contribution is 6.28. The average molecular weight is 554 g/mol. The van der Waals surface area contributed by atoms with E-state index in [4.69, 9.17) is 0 Å². The fourth-order valence-electron chi connectivity index (χ4n) is 8.82. The number of hydrogen-bond donors (Lipinski definition) is 0. The van der Waals surface area contributed by atoms with Crippen molar-refractivity contribution >= 4 is 35.0 Å². The van der Waals surface area contributed by atoms with Gasteiger partial charge in [-0.3, -0.25) is 24.1 Å². The van der Waals surface area contributed by atoms with E-state index >= 15 is 0 Å². The van der Waals surface area contributed by atoms with E-state index in [9.17, 15) is 19.2 Å². The maximum atomic E-state index is 14.7. The Morgan fingerprint density at radius 1 is 0.429 bits per heavy atom. The third-order valence-electron chi connectivity index (χ3n) is 10.1. The number of hydrogen-bond acceptors (Lipinski definition) is 5. The number of amides is 4. The summed E-state index contributed by atoms with van der Waals surface area (Å²) in [5.74, 6) is -4.91. The molecule has 4 aromatic carbocycles. The largest absolute Gasteiger partial charge is 0.284 e. The summed E-state index contributed by atoms with van der Waals surface area (Å²) in [5, 5.41) is 0. The van der Waals surface area contributed by atoms with Gasteiger partial charge in [0.1, 0.15) is 0 Å². The van der Waals surface area contributed by atoms with Crippen LogP contribution in [0.1, 0.15) is 11.1 Å². The topological polar surface area (TPSA) is 78.0 Å². The molecule has 42 heavy (non-hydrogen) atoms. The average Bonchev–Trinajstić information content (AvgIpc) is 3.64. The van der Waals surface area contributed by atoms with E-state index in [1.807, 2.05) is 84.7 Å². The summed E-state index contributed by atoms with van der Waals surface area (Å²) >= 11 is 0. The second-order valence-electron chi connectivity index (χ2n) is 11.5. The molecule has 4 aromatic rings. The van der Waals surface area contributed by atoms with Crippen molar-refractivity contribution in [2.75, 3.05) is 16.8 Å². The molecule has 4 saturated heterocycles. The highest BCUT2D eigenvalue weighted by atomic mass is 16.2. The van der Waals surface area contributed by atoms with Crippen molar-refractivity contribution in [3.8, 4) is 0 Å². The zero-order valence-electron chi connectivity index (χ0n) is 22.8. The number of benzene rings is 4. The third kappa shape index (κ3) is 2.70. The Morgan fingerprint density at radius 3 is 0.976 bits per heavy atom. The summed E-state index contributed by atoms with van der Waals surface area (Å²) in [4.78, 5) is 63.3. The first-order valence-corrected chi connectivity index (χ1v) is 14.2. The molecule has 7 heteroatoms. The smallest absolute Gasteiger partial charge is 0.240 e. The van der Waals surface area contributed by atoms with Gasteiger partial charge < -0.3 is 0 Å². The second-order valence-corrected chi connectivity index (χ2v) is 11.5. The molecule has 4 aliphatic rings. The molecule has 0 N–H and O–H groups in total. The Kier molecular flexibility index (Phi) is 5.07. The molecule has 2 bridgehead atoms. The van der Waals surface area contributed by atoms with Crippen LogP contribution < -0.4 is 9.80 Å². The Labute approximate surface area is 243 Å². The Balaban J connectivity index is 1.46. The molecule has 2 unspecified atom stereocenters. The zero-order chi connectivity index (χ0) is 28.8. The quantitative estimate of drug-likeness (QED) is 0.351. The highest BCUT2D eigenvalue weighted by Crippen LogP contribution is 2.75. The van der Waals surface area contributed by atoms with Crippen LogP contribution >= 0.6 is 0 Å². The predicted octanol–water partition coefficient (Wildman–Crippen LogP) is 4.35. The summed E-state index contributed by atoms with van der Waals surface area (Å²) in [5.41, 5.74) is 0.00544. The molecule has 0 spiro atoms. The van der Waals surface area contributed by atoms with Gasteiger partial charge in [0.2, 0.25) is 23.6 Å². The number of imide groups is 2. The standard InChI is InChI=1S/C35H27N3O4/c1-36-34(22-14-6-2-7-15-22)26-28(32(41)37(30(26)39)24-18-10-4-11-19-24)35(36,23-16-8-3-9-17-23)29-27(34)31(40)38(33(29)42)25-20-12-5-13-21-25/h2-21,26-29H,1H3/t26-,27-,28-,29+,34?,35?/m0/s1. The van der Waals surface area contributed by atoms with Crippen molar-refractivity contribution in [1.29, 1.82) is 0 Å². The first-order chi connectivity index (χ1) is 20.5. The van der Waals surface area contributed by atoms with E-state index in [2.05, 4.69) is 0 Å². The summed E-state index contributed by atoms with van der Waals surface area (Å²) in [6.45, 7) is 0. The SMILES string of the molecule is CN1C2(c3ccccc3)[C@@H]3C(=O)N(c4ccccc4)C(=O)[C@H]3C1(c1ccccc1)[C@H]1C(=O)N(c3ccccc3)C(=O)[C@H]12. The molecule has 4 fully saturated rings. The van der Waals surface area contributed by atoms with Gasteiger partial charge in [0.05, 0.1) is 46.1 Å². The van der Waals surface area contributed by atoms with E-state index in [1.165, 1.54) is 9.80 Å². The molecule has 206 valence electrons. The molecule has 4 amide bonds. The van der Waals surface area contributed by atoms with Crippen LogP contribution in [0.3, 0.4) is 0 Å². The van der Waals surface area contributed by atoms with Crippen LogP contribution in [0, 0.1) is 23.7 Å². The molecular formula is C35H27N3O4. The lowest BCUT2D eigenvalue weighted by Crippen LogP contribution is -2.53. The molecule has 7 nitrogen and oxygen atoms in total. The van der Waals surface area contributed by atoms with Gasteiger partial charge in [-0.25, -0.2) is 9.80 Å². The lowest BCUT2D eigenvalue weighted by Gasteiger charge is -2.42. The van der Waals surface area contributed by atoms with Crippen LogP contribution in [0.5, 0.6) is 0 Å². The van der Waals surface area contributed by atoms with Crippen LogP contribution in [-0.2, 0) is 30.3 Å². The first kappa shape index (κ1) is 24.9. The first-order valence-electron chi connectivity index (χ1n) is 14.2. The highest BCUT2D eigenvalue weighted by Gasteiger charge is 2.88. The van der Waals surface area contributed by atoms with Crippen LogP contribution in [0.25, 0.3) is 0 Å². The molecule has 0 saturated carbocycles. The maximum absolute atomic E-state index is 14.7. The van der Waals surface area contributed by atoms with Crippen molar-refractivity contribution in [3.63, 3.8) is 0 Å². The van der Waals surface area contributed by atoms with Gasteiger partial charge in [0.25, 0.3) is 0 Å². The molecule has 0 aromatic heterocycles. The molecule has 4 aliphatic heterocycles. The maximum Gasteiger partial charge on any atom is 0.240 e. The minimum atomic E-state index is -1.24. The normalized spacial score (nSPS) is 31.6. The second kappa shape index (κ2) is 8.57. The van der Waals surface area contributed by atoms with E-state index in [0.29, 0.717) is 11.4 Å². The lowest BCUT2D eigenvalue weighted by molar-refractivity contribution is -0.133. The number of carbonyl (C=O) groups is 4. The van der Waals surface area contributed by atoms with Gasteiger partial charge in [-0.2, -0.15) is 0 Å². The van der Waals surface area contributed by atoms with Crippen molar-refractivity contribution in [2.45, 2.75) is 11.1 Å². The number of anilines is 2. The number of carbonyl (C=O) groups excluding carboxylic acids is 4. The van der Waals surface area contributed by atoms with Crippen LogP contribution in [0.4, 0.5) is 11.4 Å². The van der Waals surface area contributed by atoms with Crippen molar-refractivity contribution in [3.05, 3.63) is 132 Å². The number of para-hydroxylation sites is 2. The molecule has 6 atom stereocenters. The summed E-state index contributed by atoms with van der Waals surface area (Å²) in [6, 6.07) is 36.9. The monoisotopic (exact) mass is 553 g/mol. The fourth-order valence-corrected chi connectivity index (χ4v) is 8.82. The van der Waals surface area contributed by atoms with E-state index in [-0.39, 0.29) is 23.6 Å². The predicted molar refractivity (Wildman–Crippen MR) is 156 cm³/mol. The van der Waals surface area contributed by atoms with Gasteiger partial charge >= 0.3 is 0 Å². The fraction of sp³-hybridized carbons (Fsp3) is 0.200. The molecule has 0 radical (unpaired) electrons. The minimum absolute atomic E-state index is 0.346. The number of fused-ring (bicyclic) bond motifs is 8. The van der Waals surface area contributed by atoms with Crippen LogP contribution in [-0.4, -0.2) is 35.6 Å². The Hall–Kier alpha value is -4.88. The Morgan fingerprint density at radius 2 is 0.690 bits per heavy atom. The summed E-state index contributed by atoms with van der Waals surface area (Å²) in [7, 11) is 1.89. The van der Waals surface area contributed by atoms with Crippen molar-refractivity contribution in [1.82, 2.24) is 4.90 Å². The van der Waals surface area contributed by atoms with Gasteiger partial charge in [0.15, 0.2) is 0 Å². The minimum Gasteiger partial charge on any atom is -0.284 e. The van der Waals surface area contributed by atoms with Crippen molar-refractivity contribution < 1.29 is 19.2 Å². The van der Waals surface area contributed by atoms with Crippen LogP contribution in [0.2, 0.25) is 0 Å².